The highest BCUT2D eigenvalue weighted by atomic mass is 19.1. The van der Waals surface area contributed by atoms with Crippen LogP contribution in [-0.4, -0.2) is 9.97 Å². The van der Waals surface area contributed by atoms with E-state index < -0.39 is 17.2 Å². The predicted molar refractivity (Wildman–Crippen MR) is 70.4 cm³/mol. The zero-order chi connectivity index (χ0) is 14.0. The molecule has 1 heterocycles. The van der Waals surface area contributed by atoms with Gasteiger partial charge in [-0.15, -0.1) is 0 Å². The maximum atomic E-state index is 13.7. The lowest BCUT2D eigenvalue weighted by Gasteiger charge is -2.21. The Morgan fingerprint density at radius 3 is 2.53 bits per heavy atom. The minimum absolute atomic E-state index is 0.103. The molecule has 3 N–H and O–H groups in total. The van der Waals surface area contributed by atoms with Crippen molar-refractivity contribution in [2.24, 2.45) is 5.73 Å². The normalized spacial score (nSPS) is 14.4. The van der Waals surface area contributed by atoms with Gasteiger partial charge in [-0.2, -0.15) is 0 Å². The fourth-order valence-electron chi connectivity index (χ4n) is 2.13. The molecule has 5 heteroatoms. The van der Waals surface area contributed by atoms with Gasteiger partial charge in [-0.05, 0) is 25.5 Å². The Labute approximate surface area is 110 Å². The van der Waals surface area contributed by atoms with Crippen molar-refractivity contribution in [1.29, 1.82) is 0 Å². The number of H-pyrrole nitrogens is 1. The molecule has 0 spiro atoms. The van der Waals surface area contributed by atoms with Gasteiger partial charge in [0.15, 0.2) is 0 Å². The Hall–Kier alpha value is -1.75. The highest BCUT2D eigenvalue weighted by Crippen LogP contribution is 2.27. The number of imidazole rings is 1. The van der Waals surface area contributed by atoms with Crippen LogP contribution in [0.3, 0.4) is 0 Å². The first-order valence-corrected chi connectivity index (χ1v) is 6.24. The lowest BCUT2D eigenvalue weighted by molar-refractivity contribution is 0.423. The van der Waals surface area contributed by atoms with E-state index in [1.54, 1.807) is 0 Å². The molecule has 0 radical (unpaired) electrons. The molecular formula is C14H17F2N3. The quantitative estimate of drug-likeness (QED) is 0.891. The summed E-state index contributed by atoms with van der Waals surface area (Å²) in [5.74, 6) is -0.708. The summed E-state index contributed by atoms with van der Waals surface area (Å²) >= 11 is 0. The molecule has 0 aliphatic carbocycles. The Morgan fingerprint density at radius 2 is 1.95 bits per heavy atom. The van der Waals surface area contributed by atoms with Crippen LogP contribution in [0, 0.1) is 11.6 Å². The maximum absolute atomic E-state index is 13.7. The number of halogens is 2. The molecule has 3 nitrogen and oxygen atoms in total. The van der Waals surface area contributed by atoms with Crippen molar-refractivity contribution in [2.45, 2.75) is 32.2 Å². The summed E-state index contributed by atoms with van der Waals surface area (Å²) < 4.78 is 27.3. The molecule has 19 heavy (non-hydrogen) atoms. The van der Waals surface area contributed by atoms with Crippen LogP contribution in [0.1, 0.15) is 32.5 Å². The van der Waals surface area contributed by atoms with E-state index in [1.165, 1.54) is 24.4 Å². The average Bonchev–Trinajstić information content (AvgIpc) is 2.78. The average molecular weight is 265 g/mol. The summed E-state index contributed by atoms with van der Waals surface area (Å²) in [5.41, 5.74) is 5.71. The Balaban J connectivity index is 2.42. The monoisotopic (exact) mass is 265 g/mol. The van der Waals surface area contributed by atoms with Gasteiger partial charge >= 0.3 is 0 Å². The number of hydrogen-bond donors (Lipinski definition) is 2. The van der Waals surface area contributed by atoms with Gasteiger partial charge in [0.2, 0.25) is 0 Å². The van der Waals surface area contributed by atoms with E-state index in [2.05, 4.69) is 9.97 Å². The summed E-state index contributed by atoms with van der Waals surface area (Å²) in [6.45, 7) is 3.86. The Kier molecular flexibility index (Phi) is 3.66. The van der Waals surface area contributed by atoms with Crippen molar-refractivity contribution in [3.05, 3.63) is 41.9 Å². The summed E-state index contributed by atoms with van der Waals surface area (Å²) in [4.78, 5) is 7.07. The minimum atomic E-state index is -0.630. The molecule has 0 aliphatic rings. The van der Waals surface area contributed by atoms with Crippen LogP contribution in [0.2, 0.25) is 0 Å². The van der Waals surface area contributed by atoms with Crippen LogP contribution >= 0.6 is 0 Å². The van der Waals surface area contributed by atoms with Crippen molar-refractivity contribution in [1.82, 2.24) is 9.97 Å². The first-order chi connectivity index (χ1) is 8.95. The zero-order valence-corrected chi connectivity index (χ0v) is 11.0. The molecule has 2 aromatic rings. The largest absolute Gasteiger partial charge is 0.340 e. The third kappa shape index (κ3) is 2.66. The topological polar surface area (TPSA) is 54.7 Å². The number of rotatable bonds is 4. The first kappa shape index (κ1) is 13.7. The lowest BCUT2D eigenvalue weighted by Crippen LogP contribution is -2.34. The fourth-order valence-corrected chi connectivity index (χ4v) is 2.13. The number of nitrogens with zero attached hydrogens (tertiary/aromatic N) is 1. The molecule has 1 aromatic carbocycles. The number of aromatic amines is 1. The standard InChI is InChI=1S/C14H17F2N3/c1-3-7-14(2,17)13-18-8-11(19-13)12-9(15)5-4-6-10(12)16/h4-6,8H,3,7,17H2,1-2H3,(H,18,19). The van der Waals surface area contributed by atoms with E-state index in [4.69, 9.17) is 5.73 Å². The van der Waals surface area contributed by atoms with Gasteiger partial charge in [-0.3, -0.25) is 0 Å². The van der Waals surface area contributed by atoms with Crippen LogP contribution < -0.4 is 5.73 Å². The van der Waals surface area contributed by atoms with Crippen molar-refractivity contribution >= 4 is 0 Å². The second kappa shape index (κ2) is 5.09. The van der Waals surface area contributed by atoms with E-state index in [0.29, 0.717) is 11.5 Å². The number of nitrogens with two attached hydrogens (primary N) is 1. The Morgan fingerprint density at radius 1 is 1.32 bits per heavy atom. The maximum Gasteiger partial charge on any atom is 0.135 e. The van der Waals surface area contributed by atoms with Crippen molar-refractivity contribution in [3.63, 3.8) is 0 Å². The van der Waals surface area contributed by atoms with E-state index in [-0.39, 0.29) is 5.56 Å². The molecule has 0 saturated carbocycles. The summed E-state index contributed by atoms with van der Waals surface area (Å²) in [5, 5.41) is 0. The second-order valence-electron chi connectivity index (χ2n) is 4.91. The van der Waals surface area contributed by atoms with Crippen molar-refractivity contribution in [3.8, 4) is 11.3 Å². The van der Waals surface area contributed by atoms with Crippen molar-refractivity contribution in [2.75, 3.05) is 0 Å². The highest BCUT2D eigenvalue weighted by Gasteiger charge is 2.24. The molecule has 102 valence electrons. The van der Waals surface area contributed by atoms with Gasteiger partial charge in [-0.1, -0.05) is 19.4 Å². The molecule has 0 fully saturated rings. The van der Waals surface area contributed by atoms with E-state index in [9.17, 15) is 8.78 Å². The molecule has 2 rings (SSSR count). The van der Waals surface area contributed by atoms with E-state index in [1.807, 2.05) is 13.8 Å². The SMILES string of the molecule is CCCC(C)(N)c1ncc(-c2c(F)cccc2F)[nH]1. The molecule has 0 bridgehead atoms. The van der Waals surface area contributed by atoms with Crippen molar-refractivity contribution < 1.29 is 8.78 Å². The van der Waals surface area contributed by atoms with Gasteiger partial charge in [-0.25, -0.2) is 13.8 Å². The van der Waals surface area contributed by atoms with Gasteiger partial charge in [0.1, 0.15) is 17.5 Å². The summed E-state index contributed by atoms with van der Waals surface area (Å²) in [6.07, 6.45) is 3.05. The summed E-state index contributed by atoms with van der Waals surface area (Å²) in [7, 11) is 0. The smallest absolute Gasteiger partial charge is 0.135 e. The molecule has 0 saturated heterocycles. The molecule has 1 atom stereocenters. The van der Waals surface area contributed by atoms with Gasteiger partial charge in [0.25, 0.3) is 0 Å². The molecule has 0 aliphatic heterocycles. The van der Waals surface area contributed by atoms with E-state index in [0.717, 1.165) is 12.8 Å². The Bertz CT molecular complexity index is 556. The van der Waals surface area contributed by atoms with E-state index >= 15 is 0 Å². The zero-order valence-electron chi connectivity index (χ0n) is 11.0. The third-order valence-electron chi connectivity index (χ3n) is 3.12. The fraction of sp³-hybridized carbons (Fsp3) is 0.357. The van der Waals surface area contributed by atoms with Gasteiger partial charge < -0.3 is 10.7 Å². The molecule has 1 aromatic heterocycles. The lowest BCUT2D eigenvalue weighted by atomic mass is 9.97. The molecular weight excluding hydrogens is 248 g/mol. The van der Waals surface area contributed by atoms with Crippen LogP contribution in [0.5, 0.6) is 0 Å². The highest BCUT2D eigenvalue weighted by molar-refractivity contribution is 5.60. The molecule has 1 unspecified atom stereocenters. The van der Waals surface area contributed by atoms with Crippen LogP contribution in [0.15, 0.2) is 24.4 Å². The van der Waals surface area contributed by atoms with Crippen LogP contribution in [0.25, 0.3) is 11.3 Å². The number of benzene rings is 1. The third-order valence-corrected chi connectivity index (χ3v) is 3.12. The van der Waals surface area contributed by atoms with Gasteiger partial charge in [0.05, 0.1) is 23.0 Å². The number of nitrogens with one attached hydrogen (secondary N) is 1. The van der Waals surface area contributed by atoms with Crippen LogP contribution in [0.4, 0.5) is 8.78 Å². The van der Waals surface area contributed by atoms with Gasteiger partial charge in [0, 0.05) is 0 Å². The predicted octanol–water partition coefficient (Wildman–Crippen LogP) is 3.33. The number of aromatic nitrogens is 2. The molecule has 0 amide bonds. The first-order valence-electron chi connectivity index (χ1n) is 6.24. The number of hydrogen-bond acceptors (Lipinski definition) is 2. The summed E-state index contributed by atoms with van der Waals surface area (Å²) in [6, 6.07) is 3.76. The minimum Gasteiger partial charge on any atom is -0.340 e. The second-order valence-corrected chi connectivity index (χ2v) is 4.91. The van der Waals surface area contributed by atoms with Crippen LogP contribution in [-0.2, 0) is 5.54 Å².